The molecule has 8 heavy (non-hydrogen) atoms. The van der Waals surface area contributed by atoms with Gasteiger partial charge in [0, 0.05) is 22.3 Å². The zero-order valence-corrected chi connectivity index (χ0v) is 5.49. The molecule has 2 nitrogen and oxygen atoms in total. The first-order valence-corrected chi connectivity index (χ1v) is 4.31. The minimum Gasteiger partial charge on any atom is -0.392 e. The number of aliphatic hydroxyl groups is 1. The fourth-order valence-electron chi connectivity index (χ4n) is 0.861. The third-order valence-electron chi connectivity index (χ3n) is 1.29. The topological polar surface area (TPSA) is 37.3 Å². The Morgan fingerprint density at radius 2 is 2.38 bits per heavy atom. The maximum atomic E-state index is 10.6. The Morgan fingerprint density at radius 1 is 1.62 bits per heavy atom. The molecule has 1 N–H and O–H groups in total. The van der Waals surface area contributed by atoms with Crippen molar-refractivity contribution in [3.8, 4) is 0 Å². The lowest BCUT2D eigenvalue weighted by Crippen LogP contribution is -2.24. The fourth-order valence-corrected chi connectivity index (χ4v) is 2.11. The van der Waals surface area contributed by atoms with Gasteiger partial charge in [-0.05, 0) is 12.8 Å². The molecule has 0 aliphatic carbocycles. The highest BCUT2D eigenvalue weighted by atomic mass is 32.2. The van der Waals surface area contributed by atoms with Gasteiger partial charge in [0.25, 0.3) is 0 Å². The Hall–Kier alpha value is 0.110. The van der Waals surface area contributed by atoms with Crippen LogP contribution in [0.2, 0.25) is 0 Å². The van der Waals surface area contributed by atoms with Gasteiger partial charge in [-0.1, -0.05) is 0 Å². The van der Waals surface area contributed by atoms with Gasteiger partial charge in [-0.15, -0.1) is 0 Å². The molecule has 3 heteroatoms. The van der Waals surface area contributed by atoms with E-state index in [1.165, 1.54) is 0 Å². The van der Waals surface area contributed by atoms with Gasteiger partial charge < -0.3 is 5.11 Å². The van der Waals surface area contributed by atoms with Crippen LogP contribution in [0.5, 0.6) is 0 Å². The molecule has 1 heterocycles. The average Bonchev–Trinajstić information content (AvgIpc) is 1.64. The Kier molecular flexibility index (Phi) is 2.02. The third-order valence-corrected chi connectivity index (χ3v) is 2.79. The third kappa shape index (κ3) is 1.56. The van der Waals surface area contributed by atoms with Crippen LogP contribution in [-0.2, 0) is 10.8 Å². The number of hydrogen-bond donors (Lipinski definition) is 1. The van der Waals surface area contributed by atoms with Crippen molar-refractivity contribution in [1.29, 1.82) is 0 Å². The normalized spacial score (nSPS) is 39.6. The number of rotatable bonds is 0. The first kappa shape index (κ1) is 6.23. The second kappa shape index (κ2) is 2.60. The van der Waals surface area contributed by atoms with Crippen LogP contribution in [-0.4, -0.2) is 26.9 Å². The molecule has 1 rings (SSSR count). The number of hydrogen-bond acceptors (Lipinski definition) is 2. The van der Waals surface area contributed by atoms with E-state index in [1.807, 2.05) is 0 Å². The average molecular weight is 134 g/mol. The summed E-state index contributed by atoms with van der Waals surface area (Å²) in [6.07, 6.45) is 1.48. The fraction of sp³-hybridized carbons (Fsp3) is 1.00. The Morgan fingerprint density at radius 3 is 2.75 bits per heavy atom. The van der Waals surface area contributed by atoms with Crippen LogP contribution >= 0.6 is 0 Å². The van der Waals surface area contributed by atoms with Crippen molar-refractivity contribution in [2.45, 2.75) is 18.9 Å². The quantitative estimate of drug-likeness (QED) is 0.502. The monoisotopic (exact) mass is 134 g/mol. The molecule has 0 bridgehead atoms. The van der Waals surface area contributed by atoms with Gasteiger partial charge in [0.05, 0.1) is 6.10 Å². The van der Waals surface area contributed by atoms with Crippen LogP contribution in [0.3, 0.4) is 0 Å². The zero-order valence-electron chi connectivity index (χ0n) is 4.67. The summed E-state index contributed by atoms with van der Waals surface area (Å²) in [6, 6.07) is 0. The van der Waals surface area contributed by atoms with E-state index < -0.39 is 10.8 Å². The largest absolute Gasteiger partial charge is 0.392 e. The van der Waals surface area contributed by atoms with Crippen molar-refractivity contribution in [1.82, 2.24) is 0 Å². The van der Waals surface area contributed by atoms with Crippen molar-refractivity contribution < 1.29 is 9.32 Å². The van der Waals surface area contributed by atoms with E-state index in [0.717, 1.165) is 18.6 Å². The first-order chi connectivity index (χ1) is 3.79. The highest BCUT2D eigenvalue weighted by Crippen LogP contribution is 2.07. The Balaban J connectivity index is 2.34. The Labute approximate surface area is 51.4 Å². The maximum Gasteiger partial charge on any atom is 0.0655 e. The Bertz CT molecular complexity index is 103. The maximum absolute atomic E-state index is 10.6. The van der Waals surface area contributed by atoms with Crippen molar-refractivity contribution >= 4 is 10.8 Å². The molecule has 0 saturated carbocycles. The molecule has 1 saturated heterocycles. The van der Waals surface area contributed by atoms with Gasteiger partial charge in [0.2, 0.25) is 0 Å². The SMILES string of the molecule is O=S1CCC[C@H](O)C1. The van der Waals surface area contributed by atoms with Crippen LogP contribution in [0.15, 0.2) is 0 Å². The van der Waals surface area contributed by atoms with Crippen LogP contribution in [0.1, 0.15) is 12.8 Å². The molecular weight excluding hydrogens is 124 g/mol. The molecule has 48 valence electrons. The summed E-state index contributed by atoms with van der Waals surface area (Å²) in [4.78, 5) is 0. The van der Waals surface area contributed by atoms with E-state index in [2.05, 4.69) is 0 Å². The lowest BCUT2D eigenvalue weighted by molar-refractivity contribution is 0.183. The van der Waals surface area contributed by atoms with Crippen molar-refractivity contribution in [2.24, 2.45) is 0 Å². The van der Waals surface area contributed by atoms with E-state index >= 15 is 0 Å². The zero-order chi connectivity index (χ0) is 5.98. The van der Waals surface area contributed by atoms with E-state index in [-0.39, 0.29) is 6.10 Å². The van der Waals surface area contributed by atoms with E-state index in [4.69, 9.17) is 5.11 Å². The molecule has 1 aliphatic rings. The molecule has 0 aromatic heterocycles. The molecule has 0 aromatic carbocycles. The molecule has 0 spiro atoms. The van der Waals surface area contributed by atoms with Crippen molar-refractivity contribution in [3.05, 3.63) is 0 Å². The standard InChI is InChI=1S/C5H10O2S/c6-5-2-1-3-8(7)4-5/h5-6H,1-4H2/t5-,8?/m0/s1. The summed E-state index contributed by atoms with van der Waals surface area (Å²) in [6.45, 7) is 0. The minimum atomic E-state index is -0.720. The number of aliphatic hydroxyl groups excluding tert-OH is 1. The lowest BCUT2D eigenvalue weighted by Gasteiger charge is -2.14. The molecule has 1 unspecified atom stereocenters. The van der Waals surface area contributed by atoms with Crippen molar-refractivity contribution in [3.63, 3.8) is 0 Å². The smallest absolute Gasteiger partial charge is 0.0655 e. The summed E-state index contributed by atoms with van der Waals surface area (Å²) >= 11 is 0. The first-order valence-electron chi connectivity index (χ1n) is 2.82. The van der Waals surface area contributed by atoms with E-state index in [9.17, 15) is 4.21 Å². The predicted molar refractivity (Wildman–Crippen MR) is 33.1 cm³/mol. The summed E-state index contributed by atoms with van der Waals surface area (Å²) in [7, 11) is -0.720. The van der Waals surface area contributed by atoms with E-state index in [0.29, 0.717) is 5.75 Å². The molecular formula is C5H10O2S. The van der Waals surface area contributed by atoms with Gasteiger partial charge >= 0.3 is 0 Å². The molecule has 1 aliphatic heterocycles. The molecule has 1 fully saturated rings. The van der Waals surface area contributed by atoms with Crippen LogP contribution in [0.25, 0.3) is 0 Å². The van der Waals surface area contributed by atoms with E-state index in [1.54, 1.807) is 0 Å². The van der Waals surface area contributed by atoms with Gasteiger partial charge in [0.15, 0.2) is 0 Å². The van der Waals surface area contributed by atoms with Gasteiger partial charge in [-0.3, -0.25) is 4.21 Å². The van der Waals surface area contributed by atoms with Gasteiger partial charge in [-0.2, -0.15) is 0 Å². The molecule has 2 atom stereocenters. The molecule has 0 aromatic rings. The van der Waals surface area contributed by atoms with Gasteiger partial charge in [-0.25, -0.2) is 0 Å². The van der Waals surface area contributed by atoms with Crippen molar-refractivity contribution in [2.75, 3.05) is 11.5 Å². The van der Waals surface area contributed by atoms with Crippen LogP contribution in [0.4, 0.5) is 0 Å². The predicted octanol–water partition coefficient (Wildman–Crippen LogP) is -0.110. The van der Waals surface area contributed by atoms with Crippen LogP contribution < -0.4 is 0 Å². The summed E-state index contributed by atoms with van der Waals surface area (Å²) < 4.78 is 10.6. The highest BCUT2D eigenvalue weighted by molar-refractivity contribution is 7.85. The molecule has 0 amide bonds. The summed E-state index contributed by atoms with van der Waals surface area (Å²) in [5, 5.41) is 8.89. The second-order valence-corrected chi connectivity index (χ2v) is 3.73. The molecule has 0 radical (unpaired) electrons. The summed E-state index contributed by atoms with van der Waals surface area (Å²) in [5.41, 5.74) is 0. The highest BCUT2D eigenvalue weighted by Gasteiger charge is 2.14. The lowest BCUT2D eigenvalue weighted by atomic mass is 10.2. The van der Waals surface area contributed by atoms with Crippen LogP contribution in [0, 0.1) is 0 Å². The minimum absolute atomic E-state index is 0.287. The van der Waals surface area contributed by atoms with Gasteiger partial charge in [0.1, 0.15) is 0 Å². The second-order valence-electron chi connectivity index (χ2n) is 2.11. The summed E-state index contributed by atoms with van der Waals surface area (Å²) in [5.74, 6) is 1.29.